The Balaban J connectivity index is 1.64. The van der Waals surface area contributed by atoms with E-state index in [1.54, 1.807) is 22.9 Å². The van der Waals surface area contributed by atoms with E-state index >= 15 is 0 Å². The average Bonchev–Trinajstić information content (AvgIpc) is 3.30. The average molecular weight is 385 g/mol. The van der Waals surface area contributed by atoms with Gasteiger partial charge in [-0.3, -0.25) is 9.48 Å². The fourth-order valence-electron chi connectivity index (χ4n) is 2.57. The Morgan fingerprint density at radius 3 is 2.96 bits per heavy atom. The Labute approximate surface area is 160 Å². The van der Waals surface area contributed by atoms with Crippen LogP contribution in [0, 0.1) is 11.3 Å². The lowest BCUT2D eigenvalue weighted by atomic mass is 10.1. The van der Waals surface area contributed by atoms with Gasteiger partial charge in [-0.25, -0.2) is 4.98 Å². The van der Waals surface area contributed by atoms with E-state index in [9.17, 15) is 4.79 Å². The normalized spacial score (nSPS) is 11.8. The van der Waals surface area contributed by atoms with E-state index in [1.807, 2.05) is 25.3 Å². The van der Waals surface area contributed by atoms with E-state index < -0.39 is 0 Å². The molecule has 3 rings (SSSR count). The molecule has 0 spiro atoms. The fourth-order valence-corrected chi connectivity index (χ4v) is 2.79. The van der Waals surface area contributed by atoms with Gasteiger partial charge in [-0.15, -0.1) is 0 Å². The van der Waals surface area contributed by atoms with Crippen LogP contribution < -0.4 is 5.32 Å². The van der Waals surface area contributed by atoms with E-state index in [1.165, 1.54) is 6.20 Å². The van der Waals surface area contributed by atoms with Crippen LogP contribution in [0.5, 0.6) is 0 Å². The fraction of sp³-hybridized carbons (Fsp3) is 0.222. The maximum atomic E-state index is 12.2. The van der Waals surface area contributed by atoms with Gasteiger partial charge in [0.2, 0.25) is 0 Å². The first-order valence-electron chi connectivity index (χ1n) is 8.19. The van der Waals surface area contributed by atoms with Crippen LogP contribution in [0.2, 0.25) is 5.02 Å². The van der Waals surface area contributed by atoms with Crippen molar-refractivity contribution in [2.24, 2.45) is 0 Å². The first-order valence-corrected chi connectivity index (χ1v) is 8.57. The van der Waals surface area contributed by atoms with Crippen molar-refractivity contribution in [3.05, 3.63) is 58.8 Å². The lowest BCUT2D eigenvalue weighted by Gasteiger charge is -2.13. The number of aliphatic hydroxyl groups is 1. The van der Waals surface area contributed by atoms with Gasteiger partial charge in [-0.2, -0.15) is 10.4 Å². The number of carbonyl (C=O) groups excluding carboxylic acids is 1. The Kier molecular flexibility index (Phi) is 5.54. The zero-order chi connectivity index (χ0) is 19.4. The number of hydrogen-bond donors (Lipinski definition) is 3. The van der Waals surface area contributed by atoms with Gasteiger partial charge in [-0.05, 0) is 25.1 Å². The van der Waals surface area contributed by atoms with Crippen LogP contribution in [-0.2, 0) is 13.2 Å². The molecule has 3 aromatic rings. The molecule has 3 N–H and O–H groups in total. The zero-order valence-electron chi connectivity index (χ0n) is 14.5. The molecule has 0 fully saturated rings. The predicted molar refractivity (Wildman–Crippen MR) is 98.8 cm³/mol. The van der Waals surface area contributed by atoms with E-state index in [2.05, 4.69) is 20.4 Å². The molecule has 0 aliphatic heterocycles. The predicted octanol–water partition coefficient (Wildman–Crippen LogP) is 2.11. The molecule has 1 unspecified atom stereocenters. The van der Waals surface area contributed by atoms with Crippen molar-refractivity contribution in [1.29, 1.82) is 5.26 Å². The van der Waals surface area contributed by atoms with Gasteiger partial charge in [0.15, 0.2) is 0 Å². The quantitative estimate of drug-likeness (QED) is 0.601. The van der Waals surface area contributed by atoms with Gasteiger partial charge in [0.05, 0.1) is 29.0 Å². The summed E-state index contributed by atoms with van der Waals surface area (Å²) in [6, 6.07) is 8.83. The Bertz CT molecular complexity index is 1000. The third-order valence-corrected chi connectivity index (χ3v) is 4.20. The van der Waals surface area contributed by atoms with Gasteiger partial charge in [-0.1, -0.05) is 17.7 Å². The third-order valence-electron chi connectivity index (χ3n) is 3.89. The second kappa shape index (κ2) is 8.03. The number of nitriles is 1. The molecule has 9 heteroatoms. The number of imidazole rings is 1. The summed E-state index contributed by atoms with van der Waals surface area (Å²) in [5.74, 6) is 0.0338. The standard InChI is InChI=1S/C18H17ClN6O2/c1-11(22-18(27)16-8-21-17(10-26)23-16)9-25-5-4-15(24-25)12-2-3-13(7-20)14(19)6-12/h2-6,8,11,26H,9-10H2,1H3,(H,21,23)(H,22,27). The van der Waals surface area contributed by atoms with Gasteiger partial charge in [0.1, 0.15) is 24.2 Å². The lowest BCUT2D eigenvalue weighted by Crippen LogP contribution is -2.36. The highest BCUT2D eigenvalue weighted by Crippen LogP contribution is 2.24. The molecule has 8 nitrogen and oxygen atoms in total. The van der Waals surface area contributed by atoms with Crippen molar-refractivity contribution in [3.63, 3.8) is 0 Å². The molecule has 0 aliphatic rings. The van der Waals surface area contributed by atoms with Crippen LogP contribution in [0.1, 0.15) is 28.8 Å². The number of benzene rings is 1. The molecule has 138 valence electrons. The molecule has 0 bridgehead atoms. The first kappa shape index (κ1) is 18.6. The monoisotopic (exact) mass is 384 g/mol. The number of nitrogens with zero attached hydrogens (tertiary/aromatic N) is 4. The van der Waals surface area contributed by atoms with Gasteiger partial charge < -0.3 is 15.4 Å². The molecule has 2 aromatic heterocycles. The number of amides is 1. The Morgan fingerprint density at radius 1 is 1.48 bits per heavy atom. The van der Waals surface area contributed by atoms with E-state index in [0.29, 0.717) is 28.6 Å². The molecule has 1 atom stereocenters. The molecular formula is C18H17ClN6O2. The smallest absolute Gasteiger partial charge is 0.269 e. The highest BCUT2D eigenvalue weighted by atomic mass is 35.5. The summed E-state index contributed by atoms with van der Waals surface area (Å²) in [5.41, 5.74) is 2.24. The second-order valence-corrected chi connectivity index (χ2v) is 6.41. The molecule has 0 saturated carbocycles. The van der Waals surface area contributed by atoms with Crippen molar-refractivity contribution in [2.45, 2.75) is 26.1 Å². The highest BCUT2D eigenvalue weighted by molar-refractivity contribution is 6.32. The second-order valence-electron chi connectivity index (χ2n) is 6.01. The SMILES string of the molecule is CC(Cn1ccc(-c2ccc(C#N)c(Cl)c2)n1)NC(=O)c1cnc(CO)[nH]1. The Hall–Kier alpha value is -3.15. The zero-order valence-corrected chi connectivity index (χ0v) is 15.2. The van der Waals surface area contributed by atoms with Crippen LogP contribution >= 0.6 is 11.6 Å². The molecule has 0 aliphatic carbocycles. The minimum absolute atomic E-state index is 0.185. The largest absolute Gasteiger partial charge is 0.388 e. The van der Waals surface area contributed by atoms with Crippen molar-refractivity contribution < 1.29 is 9.90 Å². The van der Waals surface area contributed by atoms with Crippen LogP contribution in [0.3, 0.4) is 0 Å². The Morgan fingerprint density at radius 2 is 2.30 bits per heavy atom. The number of H-pyrrole nitrogens is 1. The van der Waals surface area contributed by atoms with E-state index in [0.717, 1.165) is 11.3 Å². The number of hydrogen-bond acceptors (Lipinski definition) is 5. The lowest BCUT2D eigenvalue weighted by molar-refractivity contribution is 0.0931. The number of nitrogens with one attached hydrogen (secondary N) is 2. The van der Waals surface area contributed by atoms with Crippen molar-refractivity contribution in [1.82, 2.24) is 25.1 Å². The molecule has 0 radical (unpaired) electrons. The minimum Gasteiger partial charge on any atom is -0.388 e. The summed E-state index contributed by atoms with van der Waals surface area (Å²) in [7, 11) is 0. The number of carbonyl (C=O) groups is 1. The molecule has 1 aromatic carbocycles. The number of aromatic nitrogens is 4. The summed E-state index contributed by atoms with van der Waals surface area (Å²) >= 11 is 6.07. The van der Waals surface area contributed by atoms with Crippen LogP contribution in [0.15, 0.2) is 36.7 Å². The number of aromatic amines is 1. The molecule has 0 saturated heterocycles. The van der Waals surface area contributed by atoms with E-state index in [-0.39, 0.29) is 18.6 Å². The first-order chi connectivity index (χ1) is 13.0. The van der Waals surface area contributed by atoms with Crippen LogP contribution in [-0.4, -0.2) is 36.8 Å². The van der Waals surface area contributed by atoms with E-state index in [4.69, 9.17) is 22.0 Å². The minimum atomic E-state index is -0.305. The molecular weight excluding hydrogens is 368 g/mol. The third kappa shape index (κ3) is 4.34. The van der Waals surface area contributed by atoms with Crippen molar-refractivity contribution in [3.8, 4) is 17.3 Å². The van der Waals surface area contributed by atoms with Crippen LogP contribution in [0.25, 0.3) is 11.3 Å². The van der Waals surface area contributed by atoms with Crippen molar-refractivity contribution in [2.75, 3.05) is 0 Å². The van der Waals surface area contributed by atoms with Gasteiger partial charge >= 0.3 is 0 Å². The molecule has 1 amide bonds. The van der Waals surface area contributed by atoms with Crippen LogP contribution in [0.4, 0.5) is 0 Å². The maximum absolute atomic E-state index is 12.2. The summed E-state index contributed by atoms with van der Waals surface area (Å²) in [6.45, 7) is 2.08. The summed E-state index contributed by atoms with van der Waals surface area (Å²) in [4.78, 5) is 18.8. The molecule has 27 heavy (non-hydrogen) atoms. The van der Waals surface area contributed by atoms with Gasteiger partial charge in [0, 0.05) is 17.8 Å². The van der Waals surface area contributed by atoms with Crippen molar-refractivity contribution >= 4 is 17.5 Å². The summed E-state index contributed by atoms with van der Waals surface area (Å²) in [6.07, 6.45) is 3.19. The summed E-state index contributed by atoms with van der Waals surface area (Å²) in [5, 5.41) is 25.6. The summed E-state index contributed by atoms with van der Waals surface area (Å²) < 4.78 is 1.72. The molecule has 2 heterocycles. The highest BCUT2D eigenvalue weighted by Gasteiger charge is 2.14. The number of rotatable bonds is 6. The number of aliphatic hydroxyl groups excluding tert-OH is 1. The van der Waals surface area contributed by atoms with Gasteiger partial charge in [0.25, 0.3) is 5.91 Å². The maximum Gasteiger partial charge on any atom is 0.269 e. The number of halogens is 1. The topological polar surface area (TPSA) is 120 Å².